The zero-order chi connectivity index (χ0) is 17.6. The van der Waals surface area contributed by atoms with Crippen LogP contribution >= 0.6 is 24.2 Å². The maximum Gasteiger partial charge on any atom is 0.240 e. The Bertz CT molecular complexity index is 725. The van der Waals surface area contributed by atoms with Crippen LogP contribution in [-0.2, 0) is 4.79 Å². The minimum atomic E-state index is -0.900. The van der Waals surface area contributed by atoms with E-state index in [4.69, 9.17) is 0 Å². The number of thioether (sulfide) groups is 1. The van der Waals surface area contributed by atoms with Crippen molar-refractivity contribution in [2.24, 2.45) is 0 Å². The lowest BCUT2D eigenvalue weighted by Crippen LogP contribution is -2.36. The second kappa shape index (κ2) is 9.90. The zero-order valence-corrected chi connectivity index (χ0v) is 15.8. The molecule has 140 valence electrons. The van der Waals surface area contributed by atoms with Gasteiger partial charge in [-0.25, -0.2) is 8.78 Å². The monoisotopic (exact) mass is 398 g/mol. The summed E-state index contributed by atoms with van der Waals surface area (Å²) >= 11 is 1.25. The van der Waals surface area contributed by atoms with Crippen LogP contribution in [0.1, 0.15) is 17.2 Å². The summed E-state index contributed by atoms with van der Waals surface area (Å²) in [4.78, 5) is 15.5. The number of hydrogen-bond donors (Lipinski definition) is 1. The molecule has 2 aromatic rings. The molecular weight excluding hydrogens is 378 g/mol. The van der Waals surface area contributed by atoms with Gasteiger partial charge in [0.2, 0.25) is 5.91 Å². The highest BCUT2D eigenvalue weighted by Gasteiger charge is 2.27. The Morgan fingerprint density at radius 3 is 2.54 bits per heavy atom. The lowest BCUT2D eigenvalue weighted by Gasteiger charge is -2.26. The molecule has 1 aliphatic heterocycles. The summed E-state index contributed by atoms with van der Waals surface area (Å²) in [5, 5.41) is 2.80. The Morgan fingerprint density at radius 1 is 1.04 bits per heavy atom. The third-order valence-corrected chi connectivity index (χ3v) is 5.36. The summed E-state index contributed by atoms with van der Waals surface area (Å²) in [5.41, 5.74) is 0.861. The van der Waals surface area contributed by atoms with Gasteiger partial charge < -0.3 is 10.2 Å². The highest BCUT2D eigenvalue weighted by Crippen LogP contribution is 2.37. The van der Waals surface area contributed by atoms with E-state index in [-0.39, 0.29) is 18.3 Å². The van der Waals surface area contributed by atoms with Gasteiger partial charge >= 0.3 is 0 Å². The smallest absolute Gasteiger partial charge is 0.240 e. The molecule has 0 bridgehead atoms. The first-order valence-corrected chi connectivity index (χ1v) is 9.19. The molecule has 1 atom stereocenters. The van der Waals surface area contributed by atoms with Crippen molar-refractivity contribution in [3.8, 4) is 0 Å². The minimum Gasteiger partial charge on any atom is -0.340 e. The summed E-state index contributed by atoms with van der Waals surface area (Å²) in [6.45, 7) is 3.02. The first-order chi connectivity index (χ1) is 12.1. The number of hydrogen-bond acceptors (Lipinski definition) is 3. The highest BCUT2D eigenvalue weighted by atomic mass is 35.5. The molecule has 0 aliphatic carbocycles. The largest absolute Gasteiger partial charge is 0.340 e. The lowest BCUT2D eigenvalue weighted by atomic mass is 10.1. The van der Waals surface area contributed by atoms with Crippen molar-refractivity contribution in [1.29, 1.82) is 0 Å². The van der Waals surface area contributed by atoms with Crippen LogP contribution in [0, 0.1) is 11.6 Å². The van der Waals surface area contributed by atoms with Gasteiger partial charge in [-0.15, -0.1) is 24.2 Å². The van der Waals surface area contributed by atoms with E-state index in [0.717, 1.165) is 37.2 Å². The Hall–Kier alpha value is -1.63. The highest BCUT2D eigenvalue weighted by molar-refractivity contribution is 8.00. The molecule has 2 aromatic carbocycles. The van der Waals surface area contributed by atoms with Crippen molar-refractivity contribution in [2.45, 2.75) is 16.6 Å². The molecular formula is C19H21ClF2N2OS. The van der Waals surface area contributed by atoms with E-state index >= 15 is 0 Å². The molecule has 1 amide bonds. The van der Waals surface area contributed by atoms with Gasteiger partial charge in [0.1, 0.15) is 5.25 Å². The van der Waals surface area contributed by atoms with Crippen molar-refractivity contribution in [3.63, 3.8) is 0 Å². The molecule has 1 heterocycles. The molecule has 1 fully saturated rings. The van der Waals surface area contributed by atoms with E-state index in [9.17, 15) is 13.6 Å². The fourth-order valence-corrected chi connectivity index (χ4v) is 3.94. The summed E-state index contributed by atoms with van der Waals surface area (Å²) in [6.07, 6.45) is 0.906. The molecule has 7 heteroatoms. The van der Waals surface area contributed by atoms with Crippen LogP contribution in [0.5, 0.6) is 0 Å². The summed E-state index contributed by atoms with van der Waals surface area (Å²) in [6, 6.07) is 13.2. The fourth-order valence-electron chi connectivity index (χ4n) is 2.81. The average molecular weight is 399 g/mol. The molecule has 0 spiro atoms. The van der Waals surface area contributed by atoms with E-state index in [0.29, 0.717) is 18.0 Å². The topological polar surface area (TPSA) is 32.3 Å². The van der Waals surface area contributed by atoms with Gasteiger partial charge in [-0.2, -0.15) is 0 Å². The molecule has 0 aromatic heterocycles. The SMILES string of the molecule is Cl.O=C(C(Sc1ccc(F)c(F)c1)c1ccccc1)N1CCCNCC1. The number of carbonyl (C=O) groups is 1. The van der Waals surface area contributed by atoms with Gasteiger partial charge in [-0.3, -0.25) is 4.79 Å². The molecule has 1 aliphatic rings. The van der Waals surface area contributed by atoms with Crippen LogP contribution in [0.25, 0.3) is 0 Å². The predicted octanol–water partition coefficient (Wildman–Crippen LogP) is 4.04. The normalized spacial score (nSPS) is 15.7. The van der Waals surface area contributed by atoms with Gasteiger partial charge in [-0.05, 0) is 36.7 Å². The second-order valence-corrected chi connectivity index (χ2v) is 7.09. The van der Waals surface area contributed by atoms with Crippen molar-refractivity contribution in [2.75, 3.05) is 26.2 Å². The van der Waals surface area contributed by atoms with Crippen LogP contribution in [0.4, 0.5) is 8.78 Å². The van der Waals surface area contributed by atoms with Gasteiger partial charge in [0.15, 0.2) is 11.6 Å². The molecule has 26 heavy (non-hydrogen) atoms. The molecule has 1 N–H and O–H groups in total. The standard InChI is InChI=1S/C19H20F2N2OS.ClH/c20-16-8-7-15(13-17(16)21)25-18(14-5-2-1-3-6-14)19(24)23-11-4-9-22-10-12-23;/h1-3,5-8,13,18,22H,4,9-12H2;1H. The maximum atomic E-state index is 13.5. The van der Waals surface area contributed by atoms with Crippen molar-refractivity contribution < 1.29 is 13.6 Å². The third-order valence-electron chi connectivity index (χ3n) is 4.12. The predicted molar refractivity (Wildman–Crippen MR) is 103 cm³/mol. The van der Waals surface area contributed by atoms with E-state index in [1.807, 2.05) is 35.2 Å². The average Bonchev–Trinajstić information content (AvgIpc) is 2.92. The zero-order valence-electron chi connectivity index (χ0n) is 14.2. The van der Waals surface area contributed by atoms with E-state index < -0.39 is 16.9 Å². The number of benzene rings is 2. The van der Waals surface area contributed by atoms with E-state index in [2.05, 4.69) is 5.32 Å². The Balaban J connectivity index is 0.00000243. The molecule has 0 saturated carbocycles. The lowest BCUT2D eigenvalue weighted by molar-refractivity contribution is -0.130. The molecule has 1 saturated heterocycles. The summed E-state index contributed by atoms with van der Waals surface area (Å²) in [7, 11) is 0. The molecule has 1 unspecified atom stereocenters. The van der Waals surface area contributed by atoms with E-state index in [1.165, 1.54) is 17.8 Å². The van der Waals surface area contributed by atoms with Gasteiger partial charge in [0, 0.05) is 24.5 Å². The first kappa shape index (κ1) is 20.7. The fraction of sp³-hybridized carbons (Fsp3) is 0.316. The van der Waals surface area contributed by atoms with E-state index in [1.54, 1.807) is 0 Å². The van der Waals surface area contributed by atoms with Crippen LogP contribution in [0.3, 0.4) is 0 Å². The van der Waals surface area contributed by atoms with Crippen molar-refractivity contribution >= 4 is 30.1 Å². The van der Waals surface area contributed by atoms with Crippen LogP contribution < -0.4 is 5.32 Å². The Labute approximate surface area is 162 Å². The van der Waals surface area contributed by atoms with Gasteiger partial charge in [0.25, 0.3) is 0 Å². The third kappa shape index (κ3) is 5.19. The minimum absolute atomic E-state index is 0. The number of carbonyl (C=O) groups excluding carboxylic acids is 1. The number of nitrogens with zero attached hydrogens (tertiary/aromatic N) is 1. The van der Waals surface area contributed by atoms with Crippen LogP contribution in [0.15, 0.2) is 53.4 Å². The van der Waals surface area contributed by atoms with Crippen LogP contribution in [0.2, 0.25) is 0 Å². The quantitative estimate of drug-likeness (QED) is 0.789. The molecule has 3 rings (SSSR count). The summed E-state index contributed by atoms with van der Waals surface area (Å²) in [5.74, 6) is -1.78. The van der Waals surface area contributed by atoms with Gasteiger partial charge in [0.05, 0.1) is 0 Å². The Kier molecular flexibility index (Phi) is 7.87. The summed E-state index contributed by atoms with van der Waals surface area (Å²) < 4.78 is 26.7. The Morgan fingerprint density at radius 2 is 1.81 bits per heavy atom. The van der Waals surface area contributed by atoms with Gasteiger partial charge in [-0.1, -0.05) is 30.3 Å². The number of amides is 1. The maximum absolute atomic E-state index is 13.5. The second-order valence-electron chi connectivity index (χ2n) is 5.91. The number of halogens is 3. The first-order valence-electron chi connectivity index (χ1n) is 8.31. The number of rotatable bonds is 4. The van der Waals surface area contributed by atoms with Crippen molar-refractivity contribution in [1.82, 2.24) is 10.2 Å². The number of nitrogens with one attached hydrogen (secondary N) is 1. The molecule has 3 nitrogen and oxygen atoms in total. The van der Waals surface area contributed by atoms with Crippen molar-refractivity contribution in [3.05, 3.63) is 65.7 Å². The molecule has 0 radical (unpaired) electrons. The van der Waals surface area contributed by atoms with Crippen LogP contribution in [-0.4, -0.2) is 37.0 Å².